The number of hydrogen-bond donors (Lipinski definition) is 1. The molecule has 122 valence electrons. The van der Waals surface area contributed by atoms with Gasteiger partial charge in [0.15, 0.2) is 0 Å². The zero-order chi connectivity index (χ0) is 17.3. The SMILES string of the molecule is CCc1c(CC(=O)O)c2ccccc2n1C(=O)c1ccc(Cl)cc1. The van der Waals surface area contributed by atoms with Gasteiger partial charge in [0.05, 0.1) is 11.9 Å². The van der Waals surface area contributed by atoms with Crippen LogP contribution in [0.5, 0.6) is 0 Å². The molecule has 4 nitrogen and oxygen atoms in total. The van der Waals surface area contributed by atoms with Crippen LogP contribution >= 0.6 is 11.6 Å². The molecule has 0 spiro atoms. The van der Waals surface area contributed by atoms with Crippen LogP contribution in [0.15, 0.2) is 48.5 Å². The average molecular weight is 342 g/mol. The number of aliphatic carboxylic acids is 1. The summed E-state index contributed by atoms with van der Waals surface area (Å²) in [6, 6.07) is 14.1. The molecule has 1 N–H and O–H groups in total. The lowest BCUT2D eigenvalue weighted by atomic mass is 10.1. The van der Waals surface area contributed by atoms with Crippen LogP contribution in [0, 0.1) is 0 Å². The number of carboxylic acids is 1. The molecule has 0 saturated heterocycles. The maximum atomic E-state index is 13.0. The lowest BCUT2D eigenvalue weighted by molar-refractivity contribution is -0.136. The Morgan fingerprint density at radius 1 is 1.08 bits per heavy atom. The van der Waals surface area contributed by atoms with Crippen molar-refractivity contribution in [3.05, 3.63) is 70.4 Å². The van der Waals surface area contributed by atoms with Gasteiger partial charge in [-0.3, -0.25) is 14.2 Å². The van der Waals surface area contributed by atoms with Gasteiger partial charge >= 0.3 is 5.97 Å². The fraction of sp³-hybridized carbons (Fsp3) is 0.158. The highest BCUT2D eigenvalue weighted by atomic mass is 35.5. The third kappa shape index (κ3) is 2.81. The van der Waals surface area contributed by atoms with Crippen LogP contribution in [0.2, 0.25) is 5.02 Å². The maximum absolute atomic E-state index is 13.0. The van der Waals surface area contributed by atoms with Crippen molar-refractivity contribution >= 4 is 34.4 Å². The average Bonchev–Trinajstić information content (AvgIpc) is 2.88. The van der Waals surface area contributed by atoms with Gasteiger partial charge in [0.1, 0.15) is 0 Å². The first-order chi connectivity index (χ1) is 11.5. The third-order valence-corrected chi connectivity index (χ3v) is 4.30. The minimum Gasteiger partial charge on any atom is -0.481 e. The van der Waals surface area contributed by atoms with Gasteiger partial charge in [-0.1, -0.05) is 36.7 Å². The van der Waals surface area contributed by atoms with E-state index in [4.69, 9.17) is 11.6 Å². The fourth-order valence-electron chi connectivity index (χ4n) is 3.03. The van der Waals surface area contributed by atoms with E-state index >= 15 is 0 Å². The molecule has 3 rings (SSSR count). The number of nitrogens with zero attached hydrogens (tertiary/aromatic N) is 1. The summed E-state index contributed by atoms with van der Waals surface area (Å²) in [5, 5.41) is 10.6. The quantitative estimate of drug-likeness (QED) is 0.774. The van der Waals surface area contributed by atoms with E-state index < -0.39 is 5.97 Å². The number of halogens is 1. The summed E-state index contributed by atoms with van der Waals surface area (Å²) in [6.45, 7) is 1.92. The lowest BCUT2D eigenvalue weighted by Crippen LogP contribution is -2.15. The number of para-hydroxylation sites is 1. The Balaban J connectivity index is 2.25. The predicted molar refractivity (Wildman–Crippen MR) is 93.8 cm³/mol. The molecule has 1 heterocycles. The van der Waals surface area contributed by atoms with E-state index in [1.54, 1.807) is 28.8 Å². The number of benzene rings is 2. The Bertz CT molecular complexity index is 926. The van der Waals surface area contributed by atoms with E-state index in [0.29, 0.717) is 22.6 Å². The topological polar surface area (TPSA) is 59.3 Å². The van der Waals surface area contributed by atoms with Crippen molar-refractivity contribution in [1.29, 1.82) is 0 Å². The van der Waals surface area contributed by atoms with Crippen molar-refractivity contribution in [3.8, 4) is 0 Å². The molecule has 0 aliphatic heterocycles. The van der Waals surface area contributed by atoms with Gasteiger partial charge in [-0.25, -0.2) is 0 Å². The van der Waals surface area contributed by atoms with Gasteiger partial charge in [-0.05, 0) is 42.3 Å². The molecule has 0 unspecified atom stereocenters. The number of carboxylic acid groups (broad SMARTS) is 1. The highest BCUT2D eigenvalue weighted by Crippen LogP contribution is 2.28. The van der Waals surface area contributed by atoms with Crippen LogP contribution in [0.3, 0.4) is 0 Å². The van der Waals surface area contributed by atoms with Crippen molar-refractivity contribution in [2.75, 3.05) is 0 Å². The normalized spacial score (nSPS) is 10.9. The van der Waals surface area contributed by atoms with E-state index in [0.717, 1.165) is 16.6 Å². The first-order valence-electron chi connectivity index (χ1n) is 7.66. The maximum Gasteiger partial charge on any atom is 0.307 e. The molecule has 0 saturated carbocycles. The van der Waals surface area contributed by atoms with Gasteiger partial charge in [0, 0.05) is 21.7 Å². The fourth-order valence-corrected chi connectivity index (χ4v) is 3.16. The molecule has 24 heavy (non-hydrogen) atoms. The molecule has 0 radical (unpaired) electrons. The molecule has 0 aliphatic rings. The summed E-state index contributed by atoms with van der Waals surface area (Å²) in [6.07, 6.45) is 0.460. The third-order valence-electron chi connectivity index (χ3n) is 4.05. The van der Waals surface area contributed by atoms with Crippen LogP contribution in [0.1, 0.15) is 28.5 Å². The van der Waals surface area contributed by atoms with Gasteiger partial charge in [-0.2, -0.15) is 0 Å². The van der Waals surface area contributed by atoms with E-state index in [1.807, 2.05) is 31.2 Å². The minimum absolute atomic E-state index is 0.107. The van der Waals surface area contributed by atoms with Gasteiger partial charge in [-0.15, -0.1) is 0 Å². The zero-order valence-electron chi connectivity index (χ0n) is 13.1. The standard InChI is InChI=1S/C19H16ClNO3/c1-2-16-15(11-18(22)23)14-5-3-4-6-17(14)21(16)19(24)12-7-9-13(20)10-8-12/h3-10H,2,11H2,1H3,(H,22,23). The molecular formula is C19H16ClNO3. The van der Waals surface area contributed by atoms with Crippen LogP contribution in [-0.2, 0) is 17.6 Å². The Hall–Kier alpha value is -2.59. The molecule has 0 amide bonds. The van der Waals surface area contributed by atoms with E-state index in [-0.39, 0.29) is 12.3 Å². The Labute approximate surface area is 144 Å². The van der Waals surface area contributed by atoms with Crippen molar-refractivity contribution in [1.82, 2.24) is 4.57 Å². The van der Waals surface area contributed by atoms with Crippen LogP contribution < -0.4 is 0 Å². The lowest BCUT2D eigenvalue weighted by Gasteiger charge is -2.09. The Kier molecular flexibility index (Phi) is 4.40. The second-order valence-corrected chi connectivity index (χ2v) is 5.95. The first-order valence-corrected chi connectivity index (χ1v) is 8.04. The monoisotopic (exact) mass is 341 g/mol. The van der Waals surface area contributed by atoms with Crippen molar-refractivity contribution in [3.63, 3.8) is 0 Å². The molecule has 0 aliphatic carbocycles. The van der Waals surface area contributed by atoms with Crippen LogP contribution in [-0.4, -0.2) is 21.6 Å². The number of rotatable bonds is 4. The number of aromatic nitrogens is 1. The summed E-state index contributed by atoms with van der Waals surface area (Å²) >= 11 is 5.89. The summed E-state index contributed by atoms with van der Waals surface area (Å²) in [5.41, 5.74) is 2.67. The van der Waals surface area contributed by atoms with Gasteiger partial charge in [0.2, 0.25) is 0 Å². The Morgan fingerprint density at radius 2 is 1.75 bits per heavy atom. The minimum atomic E-state index is -0.911. The van der Waals surface area contributed by atoms with Crippen molar-refractivity contribution in [2.45, 2.75) is 19.8 Å². The van der Waals surface area contributed by atoms with Crippen molar-refractivity contribution in [2.24, 2.45) is 0 Å². The molecule has 1 aromatic heterocycles. The molecular weight excluding hydrogens is 326 g/mol. The summed E-state index contributed by atoms with van der Waals surface area (Å²) < 4.78 is 1.62. The number of hydrogen-bond acceptors (Lipinski definition) is 2. The van der Waals surface area contributed by atoms with Gasteiger partial charge in [0.25, 0.3) is 5.91 Å². The second-order valence-electron chi connectivity index (χ2n) is 5.51. The summed E-state index contributed by atoms with van der Waals surface area (Å²) in [7, 11) is 0. The molecule has 5 heteroatoms. The van der Waals surface area contributed by atoms with E-state index in [1.165, 1.54) is 0 Å². The number of carbonyl (C=O) groups is 2. The molecule has 2 aromatic carbocycles. The second kappa shape index (κ2) is 6.49. The van der Waals surface area contributed by atoms with E-state index in [9.17, 15) is 14.7 Å². The number of carbonyl (C=O) groups excluding carboxylic acids is 1. The smallest absolute Gasteiger partial charge is 0.307 e. The largest absolute Gasteiger partial charge is 0.481 e. The molecule has 0 fully saturated rings. The molecule has 0 atom stereocenters. The highest BCUT2D eigenvalue weighted by molar-refractivity contribution is 6.30. The van der Waals surface area contributed by atoms with Crippen LogP contribution in [0.4, 0.5) is 0 Å². The van der Waals surface area contributed by atoms with Crippen LogP contribution in [0.25, 0.3) is 10.9 Å². The highest BCUT2D eigenvalue weighted by Gasteiger charge is 2.22. The Morgan fingerprint density at radius 3 is 2.38 bits per heavy atom. The first kappa shape index (κ1) is 16.3. The summed E-state index contributed by atoms with van der Waals surface area (Å²) in [4.78, 5) is 24.3. The van der Waals surface area contributed by atoms with E-state index in [2.05, 4.69) is 0 Å². The van der Waals surface area contributed by atoms with Crippen molar-refractivity contribution < 1.29 is 14.7 Å². The molecule has 3 aromatic rings. The zero-order valence-corrected chi connectivity index (χ0v) is 13.9. The predicted octanol–water partition coefficient (Wildman–Crippen LogP) is 4.17. The summed E-state index contributed by atoms with van der Waals surface area (Å²) in [5.74, 6) is -1.09. The molecule has 0 bridgehead atoms. The number of fused-ring (bicyclic) bond motifs is 1. The van der Waals surface area contributed by atoms with Gasteiger partial charge < -0.3 is 5.11 Å².